The molecule has 1 aromatic rings. The number of carboxylic acids is 1. The first-order valence-electron chi connectivity index (χ1n) is 8.81. The Hall–Kier alpha value is -2.37. The lowest BCUT2D eigenvalue weighted by molar-refractivity contribution is -0.139. The third-order valence-corrected chi connectivity index (χ3v) is 5.47. The molecule has 0 bridgehead atoms. The number of carbonyl (C=O) groups excluding carboxylic acids is 2. The summed E-state index contributed by atoms with van der Waals surface area (Å²) in [5, 5.41) is 11.9. The first kappa shape index (κ1) is 17.5. The molecule has 1 saturated carbocycles. The number of benzene rings is 1. The van der Waals surface area contributed by atoms with Crippen molar-refractivity contribution in [3.05, 3.63) is 35.9 Å². The van der Waals surface area contributed by atoms with Crippen LogP contribution < -0.4 is 5.32 Å². The Balaban J connectivity index is 1.35. The normalized spacial score (nSPS) is 21.0. The molecule has 1 atom stereocenters. The van der Waals surface area contributed by atoms with E-state index in [1.807, 2.05) is 30.3 Å². The highest BCUT2D eigenvalue weighted by Crippen LogP contribution is 2.59. The fourth-order valence-electron chi connectivity index (χ4n) is 3.76. The van der Waals surface area contributed by atoms with Crippen molar-refractivity contribution in [2.75, 3.05) is 19.6 Å². The number of amides is 2. The zero-order chi connectivity index (χ0) is 17.9. The molecule has 0 aromatic heterocycles. The summed E-state index contributed by atoms with van der Waals surface area (Å²) in [5.74, 6) is -0.982. The molecule has 2 amide bonds. The molecule has 1 spiro atoms. The van der Waals surface area contributed by atoms with Gasteiger partial charge in [-0.05, 0) is 30.2 Å². The zero-order valence-corrected chi connectivity index (χ0v) is 14.2. The van der Waals surface area contributed by atoms with E-state index < -0.39 is 5.97 Å². The van der Waals surface area contributed by atoms with Gasteiger partial charge in [-0.2, -0.15) is 0 Å². The molecule has 2 N–H and O–H groups in total. The Labute approximate surface area is 147 Å². The number of likely N-dealkylation sites (tertiary alicyclic amines) is 1. The van der Waals surface area contributed by atoms with E-state index in [1.54, 1.807) is 4.90 Å². The SMILES string of the molecule is O=C(Cc1ccccc1)NCCC(=O)N1CCC2(CC1)CC2C(=O)O. The van der Waals surface area contributed by atoms with Gasteiger partial charge in [-0.25, -0.2) is 0 Å². The Kier molecular flexibility index (Phi) is 5.06. The highest BCUT2D eigenvalue weighted by molar-refractivity contribution is 5.80. The maximum atomic E-state index is 12.2. The summed E-state index contributed by atoms with van der Waals surface area (Å²) in [6.07, 6.45) is 2.90. The Bertz CT molecular complexity index is 651. The molecule has 1 saturated heterocycles. The molecule has 3 rings (SSSR count). The van der Waals surface area contributed by atoms with Crippen molar-refractivity contribution in [3.8, 4) is 0 Å². The van der Waals surface area contributed by atoms with E-state index in [0.717, 1.165) is 24.8 Å². The van der Waals surface area contributed by atoms with Crippen LogP contribution in [0.25, 0.3) is 0 Å². The van der Waals surface area contributed by atoms with Crippen molar-refractivity contribution in [3.63, 3.8) is 0 Å². The predicted octanol–water partition coefficient (Wildman–Crippen LogP) is 1.45. The van der Waals surface area contributed by atoms with Crippen molar-refractivity contribution in [2.24, 2.45) is 11.3 Å². The molecule has 1 unspecified atom stereocenters. The number of piperidine rings is 1. The van der Waals surface area contributed by atoms with Gasteiger partial charge in [0.15, 0.2) is 0 Å². The van der Waals surface area contributed by atoms with Gasteiger partial charge in [-0.15, -0.1) is 0 Å². The third-order valence-electron chi connectivity index (χ3n) is 5.47. The van der Waals surface area contributed by atoms with Crippen molar-refractivity contribution in [1.82, 2.24) is 10.2 Å². The second kappa shape index (κ2) is 7.25. The molecule has 1 aliphatic carbocycles. The number of nitrogens with one attached hydrogen (secondary N) is 1. The second-order valence-electron chi connectivity index (χ2n) is 7.10. The highest BCUT2D eigenvalue weighted by Gasteiger charge is 2.59. The summed E-state index contributed by atoms with van der Waals surface area (Å²) in [5.41, 5.74) is 0.886. The Morgan fingerprint density at radius 3 is 2.44 bits per heavy atom. The second-order valence-corrected chi connectivity index (χ2v) is 7.10. The number of aliphatic carboxylic acids is 1. The standard InChI is InChI=1S/C19H24N2O4/c22-16(12-14-4-2-1-3-5-14)20-9-6-17(23)21-10-7-19(8-11-21)13-15(19)18(24)25/h1-5,15H,6-13H2,(H,20,22)(H,24,25). The fourth-order valence-corrected chi connectivity index (χ4v) is 3.76. The molecule has 25 heavy (non-hydrogen) atoms. The van der Waals surface area contributed by atoms with Crippen LogP contribution in [0.1, 0.15) is 31.2 Å². The predicted molar refractivity (Wildman–Crippen MR) is 91.8 cm³/mol. The van der Waals surface area contributed by atoms with E-state index in [2.05, 4.69) is 5.32 Å². The summed E-state index contributed by atoms with van der Waals surface area (Å²) in [7, 11) is 0. The van der Waals surface area contributed by atoms with Gasteiger partial charge in [0.2, 0.25) is 11.8 Å². The number of carbonyl (C=O) groups is 3. The zero-order valence-electron chi connectivity index (χ0n) is 14.2. The van der Waals surface area contributed by atoms with Gasteiger partial charge in [0.1, 0.15) is 0 Å². The largest absolute Gasteiger partial charge is 0.481 e. The molecular formula is C19H24N2O4. The van der Waals surface area contributed by atoms with Gasteiger partial charge >= 0.3 is 5.97 Å². The minimum absolute atomic E-state index is 0.0300. The van der Waals surface area contributed by atoms with E-state index in [1.165, 1.54) is 0 Å². The van der Waals surface area contributed by atoms with Gasteiger partial charge in [-0.1, -0.05) is 30.3 Å². The van der Waals surface area contributed by atoms with Gasteiger partial charge in [0.25, 0.3) is 0 Å². The smallest absolute Gasteiger partial charge is 0.307 e. The van der Waals surface area contributed by atoms with Crippen LogP contribution in [0.15, 0.2) is 30.3 Å². The van der Waals surface area contributed by atoms with Gasteiger partial charge in [-0.3, -0.25) is 14.4 Å². The average Bonchev–Trinajstić information content (AvgIpc) is 3.30. The summed E-state index contributed by atoms with van der Waals surface area (Å²) >= 11 is 0. The van der Waals surface area contributed by atoms with Gasteiger partial charge in [0, 0.05) is 26.1 Å². The lowest BCUT2D eigenvalue weighted by atomic mass is 9.90. The van der Waals surface area contributed by atoms with Crippen molar-refractivity contribution < 1.29 is 19.5 Å². The van der Waals surface area contributed by atoms with Crippen LogP contribution in [0, 0.1) is 11.3 Å². The van der Waals surface area contributed by atoms with Crippen LogP contribution in [0.4, 0.5) is 0 Å². The van der Waals surface area contributed by atoms with Crippen molar-refractivity contribution in [1.29, 1.82) is 0 Å². The lowest BCUT2D eigenvalue weighted by Gasteiger charge is -2.32. The molecule has 2 aliphatic rings. The average molecular weight is 344 g/mol. The molecule has 2 fully saturated rings. The van der Waals surface area contributed by atoms with Crippen LogP contribution >= 0.6 is 0 Å². The fraction of sp³-hybridized carbons (Fsp3) is 0.526. The maximum Gasteiger partial charge on any atom is 0.307 e. The number of nitrogens with zero attached hydrogens (tertiary/aromatic N) is 1. The minimum Gasteiger partial charge on any atom is -0.481 e. The topological polar surface area (TPSA) is 86.7 Å². The minimum atomic E-state index is -0.707. The summed E-state index contributed by atoms with van der Waals surface area (Å²) in [4.78, 5) is 37.0. The molecule has 6 nitrogen and oxygen atoms in total. The monoisotopic (exact) mass is 344 g/mol. The Morgan fingerprint density at radius 2 is 1.84 bits per heavy atom. The molecule has 1 aliphatic heterocycles. The molecule has 1 aromatic carbocycles. The van der Waals surface area contributed by atoms with Crippen molar-refractivity contribution >= 4 is 17.8 Å². The highest BCUT2D eigenvalue weighted by atomic mass is 16.4. The lowest BCUT2D eigenvalue weighted by Crippen LogP contribution is -2.41. The maximum absolute atomic E-state index is 12.2. The third kappa shape index (κ3) is 4.18. The van der Waals surface area contributed by atoms with Gasteiger partial charge < -0.3 is 15.3 Å². The number of hydrogen-bond acceptors (Lipinski definition) is 3. The first-order chi connectivity index (χ1) is 12.0. The number of hydrogen-bond donors (Lipinski definition) is 2. The van der Waals surface area contributed by atoms with E-state index in [9.17, 15) is 14.4 Å². The van der Waals surface area contributed by atoms with E-state index in [4.69, 9.17) is 5.11 Å². The number of rotatable bonds is 6. The van der Waals surface area contributed by atoms with E-state index in [0.29, 0.717) is 26.1 Å². The van der Waals surface area contributed by atoms with Gasteiger partial charge in [0.05, 0.1) is 12.3 Å². The molecule has 1 heterocycles. The quantitative estimate of drug-likeness (QED) is 0.818. The molecular weight excluding hydrogens is 320 g/mol. The van der Waals surface area contributed by atoms with E-state index >= 15 is 0 Å². The summed E-state index contributed by atoms with van der Waals surface area (Å²) in [6, 6.07) is 9.49. The van der Waals surface area contributed by atoms with Crippen LogP contribution in [-0.4, -0.2) is 47.4 Å². The van der Waals surface area contributed by atoms with Crippen LogP contribution in [0.3, 0.4) is 0 Å². The van der Waals surface area contributed by atoms with E-state index in [-0.39, 0.29) is 29.6 Å². The van der Waals surface area contributed by atoms with Crippen LogP contribution in [-0.2, 0) is 20.8 Å². The molecule has 134 valence electrons. The number of carboxylic acid groups (broad SMARTS) is 1. The summed E-state index contributed by atoms with van der Waals surface area (Å²) < 4.78 is 0. The first-order valence-corrected chi connectivity index (χ1v) is 8.81. The molecule has 0 radical (unpaired) electrons. The van der Waals surface area contributed by atoms with Crippen molar-refractivity contribution in [2.45, 2.75) is 32.1 Å². The van der Waals surface area contributed by atoms with Crippen LogP contribution in [0.5, 0.6) is 0 Å². The summed E-state index contributed by atoms with van der Waals surface area (Å²) in [6.45, 7) is 1.59. The molecule has 6 heteroatoms. The van der Waals surface area contributed by atoms with Crippen LogP contribution in [0.2, 0.25) is 0 Å². The Morgan fingerprint density at radius 1 is 1.16 bits per heavy atom.